The lowest BCUT2D eigenvalue weighted by molar-refractivity contribution is -0.123. The van der Waals surface area contributed by atoms with Gasteiger partial charge in [-0.1, -0.05) is 18.2 Å². The van der Waals surface area contributed by atoms with Crippen LogP contribution in [0, 0.1) is 0 Å². The molecule has 1 aromatic heterocycles. The molecule has 1 aliphatic heterocycles. The summed E-state index contributed by atoms with van der Waals surface area (Å²) in [5.74, 6) is 1.75. The molecule has 0 saturated heterocycles. The monoisotopic (exact) mass is 466 g/mol. The third-order valence-electron chi connectivity index (χ3n) is 5.43. The molecule has 0 aliphatic carbocycles. The van der Waals surface area contributed by atoms with Crippen LogP contribution in [-0.2, 0) is 16.0 Å². The number of furan rings is 1. The molecule has 172 valence electrons. The van der Waals surface area contributed by atoms with E-state index >= 15 is 0 Å². The average Bonchev–Trinajstić information content (AvgIpc) is 3.33. The number of methoxy groups -OCH3 is 2. The van der Waals surface area contributed by atoms with Crippen molar-refractivity contribution in [3.05, 3.63) is 72.2 Å². The lowest BCUT2D eigenvalue weighted by Crippen LogP contribution is -2.41. The molecule has 0 bridgehead atoms. The summed E-state index contributed by atoms with van der Waals surface area (Å²) in [6, 6.07) is 17.0. The third-order valence-corrected chi connectivity index (χ3v) is 6.72. The molecule has 33 heavy (non-hydrogen) atoms. The van der Waals surface area contributed by atoms with Crippen LogP contribution in [-0.4, -0.2) is 39.1 Å². The van der Waals surface area contributed by atoms with Crippen molar-refractivity contribution in [1.29, 1.82) is 0 Å². The molecular weight excluding hydrogens is 440 g/mol. The van der Waals surface area contributed by atoms with E-state index in [0.717, 1.165) is 21.9 Å². The van der Waals surface area contributed by atoms with Crippen molar-refractivity contribution in [1.82, 2.24) is 5.32 Å². The number of hydrogen-bond acceptors (Lipinski definition) is 6. The Morgan fingerprint density at radius 1 is 1.12 bits per heavy atom. The van der Waals surface area contributed by atoms with Crippen molar-refractivity contribution in [3.8, 4) is 11.5 Å². The van der Waals surface area contributed by atoms with Crippen LogP contribution in [0.2, 0.25) is 0 Å². The fourth-order valence-corrected chi connectivity index (χ4v) is 5.01. The molecule has 7 nitrogen and oxygen atoms in total. The number of nitrogens with zero attached hydrogens (tertiary/aromatic N) is 1. The van der Waals surface area contributed by atoms with Crippen LogP contribution in [0.25, 0.3) is 0 Å². The SMILES string of the molecule is COc1ccc(CCNC(=O)CN2C(=O)C[C@H](c3ccco3)Sc3ccccc32)cc1OC. The topological polar surface area (TPSA) is 81.0 Å². The van der Waals surface area contributed by atoms with Crippen LogP contribution in [0.5, 0.6) is 11.5 Å². The Balaban J connectivity index is 1.40. The molecule has 0 saturated carbocycles. The Bertz CT molecular complexity index is 1120. The number of carbonyl (C=O) groups is 2. The van der Waals surface area contributed by atoms with Gasteiger partial charge < -0.3 is 24.1 Å². The number of anilines is 1. The minimum Gasteiger partial charge on any atom is -0.493 e. The van der Waals surface area contributed by atoms with E-state index < -0.39 is 0 Å². The van der Waals surface area contributed by atoms with Gasteiger partial charge in [-0.15, -0.1) is 11.8 Å². The largest absolute Gasteiger partial charge is 0.493 e. The number of ether oxygens (including phenoxy) is 2. The summed E-state index contributed by atoms with van der Waals surface area (Å²) < 4.78 is 16.1. The summed E-state index contributed by atoms with van der Waals surface area (Å²) in [6.07, 6.45) is 2.50. The molecule has 4 rings (SSSR count). The maximum Gasteiger partial charge on any atom is 0.240 e. The zero-order valence-electron chi connectivity index (χ0n) is 18.6. The number of amides is 2. The number of para-hydroxylation sites is 1. The maximum absolute atomic E-state index is 13.1. The van der Waals surface area contributed by atoms with Crippen molar-refractivity contribution in [2.45, 2.75) is 23.0 Å². The molecule has 0 radical (unpaired) electrons. The summed E-state index contributed by atoms with van der Waals surface area (Å²) in [7, 11) is 3.18. The van der Waals surface area contributed by atoms with Crippen LogP contribution < -0.4 is 19.7 Å². The fraction of sp³-hybridized carbons (Fsp3) is 0.280. The van der Waals surface area contributed by atoms with E-state index in [4.69, 9.17) is 13.9 Å². The zero-order valence-corrected chi connectivity index (χ0v) is 19.4. The first kappa shape index (κ1) is 22.8. The highest BCUT2D eigenvalue weighted by Crippen LogP contribution is 2.45. The lowest BCUT2D eigenvalue weighted by Gasteiger charge is -2.22. The minimum atomic E-state index is -0.208. The smallest absolute Gasteiger partial charge is 0.240 e. The van der Waals surface area contributed by atoms with Crippen LogP contribution in [0.4, 0.5) is 5.69 Å². The molecular formula is C25H26N2O5S. The van der Waals surface area contributed by atoms with Gasteiger partial charge in [0.15, 0.2) is 11.5 Å². The first-order chi connectivity index (χ1) is 16.1. The highest BCUT2D eigenvalue weighted by atomic mass is 32.2. The molecule has 2 amide bonds. The van der Waals surface area contributed by atoms with Gasteiger partial charge >= 0.3 is 0 Å². The standard InChI is InChI=1S/C25H26N2O5S/c1-30-19-10-9-17(14-21(19)31-2)11-12-26-24(28)16-27-18-6-3-4-8-22(18)33-23(15-25(27)29)20-7-5-13-32-20/h3-10,13-14,23H,11-12,15-16H2,1-2H3,(H,26,28)/t23-/m1/s1. The number of carbonyl (C=O) groups excluding carboxylic acids is 2. The normalized spacial score (nSPS) is 15.5. The molecule has 0 fully saturated rings. The van der Waals surface area contributed by atoms with Gasteiger partial charge in [0.25, 0.3) is 0 Å². The molecule has 1 aliphatic rings. The number of benzene rings is 2. The van der Waals surface area contributed by atoms with Crippen molar-refractivity contribution in [2.24, 2.45) is 0 Å². The van der Waals surface area contributed by atoms with E-state index in [9.17, 15) is 9.59 Å². The van der Waals surface area contributed by atoms with Gasteiger partial charge in [0, 0.05) is 17.9 Å². The molecule has 1 N–H and O–H groups in total. The molecule has 1 atom stereocenters. The predicted molar refractivity (Wildman–Crippen MR) is 127 cm³/mol. The van der Waals surface area contributed by atoms with Gasteiger partial charge in [0.1, 0.15) is 12.3 Å². The van der Waals surface area contributed by atoms with Crippen LogP contribution in [0.1, 0.15) is 23.0 Å². The summed E-state index contributed by atoms with van der Waals surface area (Å²) >= 11 is 1.58. The first-order valence-corrected chi connectivity index (χ1v) is 11.5. The lowest BCUT2D eigenvalue weighted by atomic mass is 10.1. The predicted octanol–water partition coefficient (Wildman–Crippen LogP) is 4.23. The highest BCUT2D eigenvalue weighted by Gasteiger charge is 2.31. The minimum absolute atomic E-state index is 0.0345. The Labute approximate surface area is 197 Å². The van der Waals surface area contributed by atoms with Gasteiger partial charge in [0.2, 0.25) is 11.8 Å². The number of rotatable bonds is 8. The van der Waals surface area contributed by atoms with Gasteiger partial charge in [-0.3, -0.25) is 9.59 Å². The summed E-state index contributed by atoms with van der Waals surface area (Å²) in [5.41, 5.74) is 1.76. The van der Waals surface area contributed by atoms with Crippen molar-refractivity contribution < 1.29 is 23.5 Å². The third kappa shape index (κ3) is 5.34. The van der Waals surface area contributed by atoms with Crippen molar-refractivity contribution in [2.75, 3.05) is 32.2 Å². The summed E-state index contributed by atoms with van der Waals surface area (Å²) in [6.45, 7) is 0.412. The van der Waals surface area contributed by atoms with Crippen molar-refractivity contribution in [3.63, 3.8) is 0 Å². The van der Waals surface area contributed by atoms with E-state index in [2.05, 4.69) is 5.32 Å². The van der Waals surface area contributed by atoms with Crippen molar-refractivity contribution >= 4 is 29.3 Å². The number of hydrogen-bond donors (Lipinski definition) is 1. The Kier molecular flexibility index (Phi) is 7.24. The molecule has 3 aromatic rings. The Morgan fingerprint density at radius 3 is 2.70 bits per heavy atom. The van der Waals surface area contributed by atoms with Crippen LogP contribution in [0.15, 0.2) is 70.2 Å². The number of thioether (sulfide) groups is 1. The van der Waals surface area contributed by atoms with E-state index in [1.165, 1.54) is 0 Å². The fourth-order valence-electron chi connectivity index (χ4n) is 3.77. The van der Waals surface area contributed by atoms with Gasteiger partial charge in [-0.25, -0.2) is 0 Å². The van der Waals surface area contributed by atoms with Gasteiger partial charge in [0.05, 0.1) is 31.4 Å². The molecule has 0 unspecified atom stereocenters. The van der Waals surface area contributed by atoms with Crippen LogP contribution in [0.3, 0.4) is 0 Å². The zero-order chi connectivity index (χ0) is 23.2. The summed E-state index contributed by atoms with van der Waals surface area (Å²) in [4.78, 5) is 28.4. The summed E-state index contributed by atoms with van der Waals surface area (Å²) in [5, 5.41) is 2.79. The molecule has 8 heteroatoms. The van der Waals surface area contributed by atoms with Gasteiger partial charge in [-0.2, -0.15) is 0 Å². The first-order valence-electron chi connectivity index (χ1n) is 10.7. The van der Waals surface area contributed by atoms with E-state index in [1.807, 2.05) is 54.6 Å². The number of nitrogens with one attached hydrogen (secondary N) is 1. The second-order valence-electron chi connectivity index (χ2n) is 7.56. The van der Waals surface area contributed by atoms with E-state index in [1.54, 1.807) is 37.1 Å². The second kappa shape index (κ2) is 10.5. The van der Waals surface area contributed by atoms with E-state index in [0.29, 0.717) is 24.5 Å². The Hall–Kier alpha value is -3.39. The quantitative estimate of drug-likeness (QED) is 0.535. The molecule has 0 spiro atoms. The Morgan fingerprint density at radius 2 is 1.94 bits per heavy atom. The highest BCUT2D eigenvalue weighted by molar-refractivity contribution is 7.99. The molecule has 2 aromatic carbocycles. The molecule has 2 heterocycles. The van der Waals surface area contributed by atoms with Crippen LogP contribution >= 0.6 is 11.8 Å². The maximum atomic E-state index is 13.1. The second-order valence-corrected chi connectivity index (χ2v) is 8.81. The van der Waals surface area contributed by atoms with Gasteiger partial charge in [-0.05, 0) is 48.4 Å². The number of fused-ring (bicyclic) bond motifs is 1. The van der Waals surface area contributed by atoms with E-state index in [-0.39, 0.29) is 30.0 Å². The average molecular weight is 467 g/mol.